The predicted molar refractivity (Wildman–Crippen MR) is 53.2 cm³/mol. The Labute approximate surface area is 83.4 Å². The normalized spacial score (nSPS) is 10.2. The molecule has 0 spiro atoms. The Morgan fingerprint density at radius 1 is 1.36 bits per heavy atom. The van der Waals surface area contributed by atoms with E-state index < -0.39 is 0 Å². The number of hydroxylamine groups is 1. The quantitative estimate of drug-likeness (QED) is 0.715. The van der Waals surface area contributed by atoms with Crippen LogP contribution >= 0.6 is 0 Å². The van der Waals surface area contributed by atoms with Gasteiger partial charge in [0.2, 0.25) is 0 Å². The second-order valence-corrected chi connectivity index (χ2v) is 2.97. The zero-order valence-corrected chi connectivity index (χ0v) is 8.63. The van der Waals surface area contributed by atoms with E-state index in [9.17, 15) is 5.11 Å². The molecule has 14 heavy (non-hydrogen) atoms. The summed E-state index contributed by atoms with van der Waals surface area (Å²) in [6.45, 7) is 2.46. The van der Waals surface area contributed by atoms with Crippen molar-refractivity contribution in [2.24, 2.45) is 0 Å². The van der Waals surface area contributed by atoms with E-state index in [-0.39, 0.29) is 5.75 Å². The van der Waals surface area contributed by atoms with E-state index in [4.69, 9.17) is 9.57 Å². The molecule has 0 heterocycles. The van der Waals surface area contributed by atoms with Crippen molar-refractivity contribution in [2.45, 2.75) is 13.5 Å². The lowest BCUT2D eigenvalue weighted by Crippen LogP contribution is -2.12. The number of nitrogens with one attached hydrogen (secondary N) is 1. The fraction of sp³-hybridized carbons (Fsp3) is 0.400. The minimum atomic E-state index is 0.209. The molecule has 0 aliphatic carbocycles. The molecule has 1 aromatic carbocycles. The molecule has 0 aromatic heterocycles. The zero-order chi connectivity index (χ0) is 10.6. The molecule has 0 saturated carbocycles. The van der Waals surface area contributed by atoms with Crippen LogP contribution in [0.4, 0.5) is 0 Å². The standard InChI is InChI=1S/C10H15NO3/c1-7-4-8(12)5-10(13-2)9(7)6-11-14-3/h4-5,11-12H,6H2,1-3H3. The van der Waals surface area contributed by atoms with Gasteiger partial charge in [-0.2, -0.15) is 5.48 Å². The highest BCUT2D eigenvalue weighted by atomic mass is 16.6. The van der Waals surface area contributed by atoms with Crippen LogP contribution in [0.15, 0.2) is 12.1 Å². The van der Waals surface area contributed by atoms with E-state index in [1.165, 1.54) is 0 Å². The number of aryl methyl sites for hydroxylation is 1. The van der Waals surface area contributed by atoms with Crippen LogP contribution < -0.4 is 10.2 Å². The van der Waals surface area contributed by atoms with Crippen LogP contribution in [-0.2, 0) is 11.4 Å². The summed E-state index contributed by atoms with van der Waals surface area (Å²) in [5, 5.41) is 9.34. The van der Waals surface area contributed by atoms with Gasteiger partial charge in [0.1, 0.15) is 11.5 Å². The summed E-state index contributed by atoms with van der Waals surface area (Å²) in [6, 6.07) is 3.27. The van der Waals surface area contributed by atoms with E-state index in [1.807, 2.05) is 6.92 Å². The Balaban J connectivity index is 2.99. The number of phenols is 1. The van der Waals surface area contributed by atoms with Gasteiger partial charge in [-0.15, -0.1) is 0 Å². The van der Waals surface area contributed by atoms with E-state index in [0.717, 1.165) is 11.1 Å². The first-order valence-electron chi connectivity index (χ1n) is 4.31. The smallest absolute Gasteiger partial charge is 0.127 e. The highest BCUT2D eigenvalue weighted by Gasteiger charge is 2.07. The number of phenolic OH excluding ortho intramolecular Hbond substituents is 1. The van der Waals surface area contributed by atoms with Crippen LogP contribution in [-0.4, -0.2) is 19.3 Å². The highest BCUT2D eigenvalue weighted by Crippen LogP contribution is 2.27. The Bertz CT molecular complexity index is 312. The number of aromatic hydroxyl groups is 1. The lowest BCUT2D eigenvalue weighted by Gasteiger charge is -2.12. The minimum Gasteiger partial charge on any atom is -0.508 e. The SMILES string of the molecule is CONCc1c(C)cc(O)cc1OC. The minimum absolute atomic E-state index is 0.209. The van der Waals surface area contributed by atoms with Crippen molar-refractivity contribution in [3.63, 3.8) is 0 Å². The van der Waals surface area contributed by atoms with E-state index >= 15 is 0 Å². The maximum atomic E-state index is 9.34. The third kappa shape index (κ3) is 2.37. The van der Waals surface area contributed by atoms with Gasteiger partial charge in [0.25, 0.3) is 0 Å². The topological polar surface area (TPSA) is 50.7 Å². The third-order valence-electron chi connectivity index (χ3n) is 2.03. The van der Waals surface area contributed by atoms with Crippen LogP contribution in [0.25, 0.3) is 0 Å². The summed E-state index contributed by atoms with van der Waals surface area (Å²) in [5.41, 5.74) is 4.68. The molecular formula is C10H15NO3. The average Bonchev–Trinajstić information content (AvgIpc) is 2.15. The number of methoxy groups -OCH3 is 1. The maximum Gasteiger partial charge on any atom is 0.127 e. The van der Waals surface area contributed by atoms with E-state index in [1.54, 1.807) is 26.4 Å². The number of benzene rings is 1. The Kier molecular flexibility index (Phi) is 3.73. The van der Waals surface area contributed by atoms with Gasteiger partial charge in [-0.05, 0) is 18.6 Å². The molecule has 0 radical (unpaired) electrons. The number of hydrogen-bond acceptors (Lipinski definition) is 4. The van der Waals surface area contributed by atoms with Gasteiger partial charge >= 0.3 is 0 Å². The molecule has 4 nitrogen and oxygen atoms in total. The summed E-state index contributed by atoms with van der Waals surface area (Å²) in [7, 11) is 3.13. The molecule has 0 aliphatic rings. The van der Waals surface area contributed by atoms with Crippen molar-refractivity contribution in [3.05, 3.63) is 23.3 Å². The Hall–Kier alpha value is -1.26. The fourth-order valence-electron chi connectivity index (χ4n) is 1.32. The van der Waals surface area contributed by atoms with Crippen LogP contribution in [0.5, 0.6) is 11.5 Å². The first-order chi connectivity index (χ1) is 6.69. The van der Waals surface area contributed by atoms with Crippen molar-refractivity contribution < 1.29 is 14.7 Å². The molecule has 0 saturated heterocycles. The molecule has 0 atom stereocenters. The van der Waals surface area contributed by atoms with Crippen LogP contribution in [0.3, 0.4) is 0 Å². The number of ether oxygens (including phenoxy) is 1. The lowest BCUT2D eigenvalue weighted by molar-refractivity contribution is 0.0859. The predicted octanol–water partition coefficient (Wildman–Crippen LogP) is 1.36. The molecular weight excluding hydrogens is 182 g/mol. The summed E-state index contributed by atoms with van der Waals surface area (Å²) in [4.78, 5) is 4.76. The maximum absolute atomic E-state index is 9.34. The van der Waals surface area contributed by atoms with Gasteiger partial charge in [0.15, 0.2) is 0 Å². The molecule has 0 fully saturated rings. The van der Waals surface area contributed by atoms with Crippen molar-refractivity contribution in [1.82, 2.24) is 5.48 Å². The van der Waals surface area contributed by atoms with Crippen molar-refractivity contribution in [1.29, 1.82) is 0 Å². The zero-order valence-electron chi connectivity index (χ0n) is 8.63. The van der Waals surface area contributed by atoms with Crippen LogP contribution in [0, 0.1) is 6.92 Å². The third-order valence-corrected chi connectivity index (χ3v) is 2.03. The number of rotatable bonds is 4. The van der Waals surface area contributed by atoms with Gasteiger partial charge in [0, 0.05) is 18.2 Å². The van der Waals surface area contributed by atoms with Crippen LogP contribution in [0.2, 0.25) is 0 Å². The molecule has 0 bridgehead atoms. The van der Waals surface area contributed by atoms with Crippen molar-refractivity contribution in [3.8, 4) is 11.5 Å². The lowest BCUT2D eigenvalue weighted by atomic mass is 10.1. The van der Waals surface area contributed by atoms with Crippen molar-refractivity contribution in [2.75, 3.05) is 14.2 Å². The average molecular weight is 197 g/mol. The molecule has 2 N–H and O–H groups in total. The first-order valence-corrected chi connectivity index (χ1v) is 4.31. The number of hydrogen-bond donors (Lipinski definition) is 2. The Morgan fingerprint density at radius 3 is 2.64 bits per heavy atom. The van der Waals surface area contributed by atoms with Gasteiger partial charge in [-0.25, -0.2) is 0 Å². The molecule has 0 amide bonds. The van der Waals surface area contributed by atoms with Gasteiger partial charge < -0.3 is 14.7 Å². The summed E-state index contributed by atoms with van der Waals surface area (Å²) in [6.07, 6.45) is 0. The monoisotopic (exact) mass is 197 g/mol. The van der Waals surface area contributed by atoms with E-state index in [2.05, 4.69) is 5.48 Å². The fourth-order valence-corrected chi connectivity index (χ4v) is 1.32. The summed E-state index contributed by atoms with van der Waals surface area (Å²) >= 11 is 0. The molecule has 1 rings (SSSR count). The highest BCUT2D eigenvalue weighted by molar-refractivity contribution is 5.45. The molecule has 78 valence electrons. The summed E-state index contributed by atoms with van der Waals surface area (Å²) in [5.74, 6) is 0.868. The van der Waals surface area contributed by atoms with Gasteiger partial charge in [-0.3, -0.25) is 0 Å². The van der Waals surface area contributed by atoms with Crippen molar-refractivity contribution >= 4 is 0 Å². The molecule has 0 aliphatic heterocycles. The van der Waals surface area contributed by atoms with Gasteiger partial charge in [0.05, 0.1) is 14.2 Å². The molecule has 1 aromatic rings. The molecule has 4 heteroatoms. The van der Waals surface area contributed by atoms with E-state index in [0.29, 0.717) is 12.3 Å². The summed E-state index contributed by atoms with van der Waals surface area (Å²) < 4.78 is 5.15. The first kappa shape index (κ1) is 10.8. The van der Waals surface area contributed by atoms with Gasteiger partial charge in [-0.1, -0.05) is 0 Å². The second-order valence-electron chi connectivity index (χ2n) is 2.97. The van der Waals surface area contributed by atoms with Crippen LogP contribution in [0.1, 0.15) is 11.1 Å². The largest absolute Gasteiger partial charge is 0.508 e. The Morgan fingerprint density at radius 2 is 2.07 bits per heavy atom. The molecule has 0 unspecified atom stereocenters. The second kappa shape index (κ2) is 4.83.